The lowest BCUT2D eigenvalue weighted by Crippen LogP contribution is -2.16. The minimum absolute atomic E-state index is 0.0104. The Kier molecular flexibility index (Phi) is 6.85. The van der Waals surface area contributed by atoms with Crippen molar-refractivity contribution < 1.29 is 31.5 Å². The van der Waals surface area contributed by atoms with Crippen LogP contribution < -0.4 is 10.1 Å². The highest BCUT2D eigenvalue weighted by atomic mass is 35.5. The fourth-order valence-electron chi connectivity index (χ4n) is 3.48. The molecule has 36 heavy (non-hydrogen) atoms. The molecule has 0 saturated carbocycles. The largest absolute Gasteiger partial charge is 0.433 e. The first-order chi connectivity index (χ1) is 16.9. The normalized spacial score (nSPS) is 11.9. The third-order valence-corrected chi connectivity index (χ3v) is 5.58. The van der Waals surface area contributed by atoms with E-state index in [0.717, 1.165) is 23.9 Å². The molecule has 0 radical (unpaired) electrons. The summed E-state index contributed by atoms with van der Waals surface area (Å²) in [4.78, 5) is 17.2. The van der Waals surface area contributed by atoms with E-state index in [0.29, 0.717) is 10.1 Å². The summed E-state index contributed by atoms with van der Waals surface area (Å²) in [6, 6.07) is 11.3. The number of hydrogen-bond acceptors (Lipinski definition) is 4. The second-order valence-electron chi connectivity index (χ2n) is 8.07. The van der Waals surface area contributed by atoms with Gasteiger partial charge in [0.1, 0.15) is 11.3 Å². The molecule has 2 aromatic heterocycles. The van der Waals surface area contributed by atoms with Gasteiger partial charge in [0.25, 0.3) is 5.91 Å². The maximum Gasteiger partial charge on any atom is 0.433 e. The van der Waals surface area contributed by atoms with Crippen LogP contribution in [-0.2, 0) is 6.18 Å². The average Bonchev–Trinajstić information content (AvgIpc) is 3.23. The van der Waals surface area contributed by atoms with Crippen molar-refractivity contribution in [3.05, 3.63) is 76.6 Å². The van der Waals surface area contributed by atoms with Crippen molar-refractivity contribution in [1.29, 1.82) is 0 Å². The van der Waals surface area contributed by atoms with E-state index in [2.05, 4.69) is 20.1 Å². The molecule has 0 spiro atoms. The Bertz CT molecular complexity index is 1420. The molecule has 12 heteroatoms. The van der Waals surface area contributed by atoms with Gasteiger partial charge >= 0.3 is 12.8 Å². The minimum atomic E-state index is -4.78. The molecule has 6 nitrogen and oxygen atoms in total. The second-order valence-corrected chi connectivity index (χ2v) is 8.48. The molecular formula is C24H18ClF5N4O2. The quantitative estimate of drug-likeness (QED) is 0.275. The summed E-state index contributed by atoms with van der Waals surface area (Å²) in [5, 5.41) is 5.99. The lowest BCUT2D eigenvalue weighted by atomic mass is 10.0. The van der Waals surface area contributed by atoms with Crippen molar-refractivity contribution >= 4 is 28.8 Å². The van der Waals surface area contributed by atoms with Crippen LogP contribution in [-0.4, -0.2) is 27.1 Å². The van der Waals surface area contributed by atoms with E-state index >= 15 is 0 Å². The molecule has 0 aliphatic heterocycles. The molecule has 0 fully saturated rings. The number of aromatic nitrogens is 3. The van der Waals surface area contributed by atoms with Gasteiger partial charge in [0.15, 0.2) is 11.3 Å². The number of alkyl halides is 5. The Morgan fingerprint density at radius 1 is 1.08 bits per heavy atom. The molecule has 0 aliphatic rings. The molecule has 4 aromatic rings. The second kappa shape index (κ2) is 9.73. The third kappa shape index (κ3) is 5.25. The number of ether oxygens (including phenoxy) is 1. The zero-order valence-electron chi connectivity index (χ0n) is 18.8. The molecule has 1 N–H and O–H groups in total. The van der Waals surface area contributed by atoms with Crippen molar-refractivity contribution in [2.24, 2.45) is 0 Å². The number of anilines is 1. The van der Waals surface area contributed by atoms with Gasteiger partial charge in [-0.2, -0.15) is 27.1 Å². The monoisotopic (exact) mass is 524 g/mol. The van der Waals surface area contributed by atoms with E-state index in [-0.39, 0.29) is 39.3 Å². The van der Waals surface area contributed by atoms with E-state index in [1.54, 1.807) is 24.3 Å². The number of benzene rings is 2. The van der Waals surface area contributed by atoms with Crippen LogP contribution in [0.3, 0.4) is 0 Å². The van der Waals surface area contributed by atoms with Crippen LogP contribution in [0.5, 0.6) is 5.75 Å². The highest BCUT2D eigenvalue weighted by molar-refractivity contribution is 6.32. The van der Waals surface area contributed by atoms with Crippen molar-refractivity contribution in [1.82, 2.24) is 14.6 Å². The topological polar surface area (TPSA) is 68.5 Å². The summed E-state index contributed by atoms with van der Waals surface area (Å²) in [6.07, 6.45) is -3.81. The number of nitrogens with one attached hydrogen (secondary N) is 1. The van der Waals surface area contributed by atoms with Crippen LogP contribution in [0.2, 0.25) is 5.02 Å². The van der Waals surface area contributed by atoms with E-state index in [4.69, 9.17) is 11.6 Å². The van der Waals surface area contributed by atoms with Crippen LogP contribution in [0, 0.1) is 0 Å². The van der Waals surface area contributed by atoms with Gasteiger partial charge in [-0.25, -0.2) is 9.50 Å². The fraction of sp³-hybridized carbons (Fsp3) is 0.208. The summed E-state index contributed by atoms with van der Waals surface area (Å²) < 4.78 is 71.2. The Labute approximate surface area is 206 Å². The first-order valence-corrected chi connectivity index (χ1v) is 10.9. The number of fused-ring (bicyclic) bond motifs is 1. The van der Waals surface area contributed by atoms with E-state index in [9.17, 15) is 26.7 Å². The summed E-state index contributed by atoms with van der Waals surface area (Å²) in [5.74, 6) is -0.892. The number of carbonyl (C=O) groups excluding carboxylic acids is 1. The van der Waals surface area contributed by atoms with Crippen molar-refractivity contribution in [3.63, 3.8) is 0 Å². The zero-order chi connectivity index (χ0) is 26.2. The van der Waals surface area contributed by atoms with Gasteiger partial charge < -0.3 is 10.1 Å². The predicted octanol–water partition coefficient (Wildman–Crippen LogP) is 7.05. The minimum Gasteiger partial charge on any atom is -0.433 e. The number of hydrogen-bond donors (Lipinski definition) is 1. The van der Waals surface area contributed by atoms with Crippen LogP contribution in [0.25, 0.3) is 16.9 Å². The SMILES string of the molecule is CC(C)c1ccc(-c2cc(C(F)(F)F)n3ncc(C(=O)Nc4ccc(OC(F)F)c(Cl)c4)c3n2)cc1. The lowest BCUT2D eigenvalue weighted by Gasteiger charge is -2.13. The number of halogens is 6. The smallest absolute Gasteiger partial charge is 0.433 e. The van der Waals surface area contributed by atoms with Crippen LogP contribution in [0.4, 0.5) is 27.6 Å². The zero-order valence-corrected chi connectivity index (χ0v) is 19.5. The van der Waals surface area contributed by atoms with E-state index in [1.165, 1.54) is 12.1 Å². The maximum absolute atomic E-state index is 13.8. The molecule has 0 bridgehead atoms. The molecule has 2 aromatic carbocycles. The van der Waals surface area contributed by atoms with Gasteiger partial charge in [0.05, 0.1) is 16.9 Å². The summed E-state index contributed by atoms with van der Waals surface area (Å²) in [6.45, 7) is 0.890. The van der Waals surface area contributed by atoms with Crippen molar-refractivity contribution in [2.45, 2.75) is 32.6 Å². The maximum atomic E-state index is 13.8. The molecule has 0 saturated heterocycles. The Morgan fingerprint density at radius 3 is 2.36 bits per heavy atom. The molecule has 0 aliphatic carbocycles. The number of nitrogens with zero attached hydrogens (tertiary/aromatic N) is 3. The van der Waals surface area contributed by atoms with E-state index in [1.807, 2.05) is 13.8 Å². The lowest BCUT2D eigenvalue weighted by molar-refractivity contribution is -0.142. The molecule has 188 valence electrons. The predicted molar refractivity (Wildman–Crippen MR) is 124 cm³/mol. The molecule has 4 rings (SSSR count). The number of amides is 1. The standard InChI is InChI=1S/C24H18ClF5N4O2/c1-12(2)13-3-5-14(6-4-13)18-10-20(24(28,29)30)34-21(33-18)16(11-31-34)22(35)32-15-7-8-19(17(25)9-15)36-23(26)27/h3-12,23H,1-2H3,(H,32,35). The molecular weight excluding hydrogens is 507 g/mol. The van der Waals surface area contributed by atoms with Gasteiger partial charge in [0.2, 0.25) is 0 Å². The van der Waals surface area contributed by atoms with Gasteiger partial charge in [-0.3, -0.25) is 4.79 Å². The molecule has 0 unspecified atom stereocenters. The average molecular weight is 525 g/mol. The van der Waals surface area contributed by atoms with Crippen LogP contribution in [0.1, 0.15) is 41.4 Å². The molecule has 0 atom stereocenters. The first kappa shape index (κ1) is 25.4. The summed E-state index contributed by atoms with van der Waals surface area (Å²) in [7, 11) is 0. The summed E-state index contributed by atoms with van der Waals surface area (Å²) >= 11 is 5.90. The van der Waals surface area contributed by atoms with E-state index < -0.39 is 24.4 Å². The van der Waals surface area contributed by atoms with Gasteiger partial charge in [-0.15, -0.1) is 0 Å². The van der Waals surface area contributed by atoms with Gasteiger partial charge in [0, 0.05) is 11.3 Å². The van der Waals surface area contributed by atoms with Crippen LogP contribution >= 0.6 is 11.6 Å². The highest BCUT2D eigenvalue weighted by Crippen LogP contribution is 2.34. The summed E-state index contributed by atoms with van der Waals surface area (Å²) in [5.41, 5.74) is -0.103. The van der Waals surface area contributed by atoms with Crippen molar-refractivity contribution in [2.75, 3.05) is 5.32 Å². The number of rotatable bonds is 6. The Hall–Kier alpha value is -3.73. The van der Waals surface area contributed by atoms with Crippen molar-refractivity contribution in [3.8, 4) is 17.0 Å². The fourth-order valence-corrected chi connectivity index (χ4v) is 3.71. The van der Waals surface area contributed by atoms with Gasteiger partial charge in [-0.1, -0.05) is 49.7 Å². The Balaban J connectivity index is 1.73. The first-order valence-electron chi connectivity index (χ1n) is 10.6. The molecule has 1 amide bonds. The number of carbonyl (C=O) groups is 1. The third-order valence-electron chi connectivity index (χ3n) is 5.29. The van der Waals surface area contributed by atoms with Gasteiger partial charge in [-0.05, 0) is 35.7 Å². The Morgan fingerprint density at radius 2 is 1.78 bits per heavy atom. The highest BCUT2D eigenvalue weighted by Gasteiger charge is 2.36. The molecule has 2 heterocycles. The van der Waals surface area contributed by atoms with Crippen LogP contribution in [0.15, 0.2) is 54.7 Å².